The van der Waals surface area contributed by atoms with Crippen LogP contribution in [0.4, 0.5) is 0 Å². The highest BCUT2D eigenvalue weighted by Crippen LogP contribution is 2.34. The molecule has 0 radical (unpaired) electrons. The fraction of sp³-hybridized carbons (Fsp3) is 0.333. The van der Waals surface area contributed by atoms with Crippen LogP contribution < -0.4 is 0 Å². The van der Waals surface area contributed by atoms with Crippen LogP contribution in [0.25, 0.3) is 0 Å². The number of furan rings is 1. The largest absolute Gasteiger partial charge is 0.448 e. The molecule has 0 amide bonds. The topological polar surface area (TPSA) is 13.1 Å². The minimum atomic E-state index is 0.0567. The van der Waals surface area contributed by atoms with Crippen LogP contribution in [0, 0.1) is 0 Å². The van der Waals surface area contributed by atoms with Crippen molar-refractivity contribution in [1.29, 1.82) is 0 Å². The summed E-state index contributed by atoms with van der Waals surface area (Å²) in [6.45, 7) is 4.37. The van der Waals surface area contributed by atoms with Crippen LogP contribution in [0.3, 0.4) is 0 Å². The molecule has 2 rings (SSSR count). The van der Waals surface area contributed by atoms with E-state index in [-0.39, 0.29) is 4.83 Å². The second kappa shape index (κ2) is 5.94. The molecule has 0 fully saturated rings. The van der Waals surface area contributed by atoms with Gasteiger partial charge in [0.05, 0.1) is 4.83 Å². The molecular formula is C15H16BrClO. The fourth-order valence-electron chi connectivity index (χ4n) is 2.11. The monoisotopic (exact) mass is 326 g/mol. The van der Waals surface area contributed by atoms with Gasteiger partial charge in [0.2, 0.25) is 0 Å². The van der Waals surface area contributed by atoms with E-state index in [9.17, 15) is 0 Å². The molecule has 0 N–H and O–H groups in total. The fourth-order valence-corrected chi connectivity index (χ4v) is 2.79. The second-order valence-electron chi connectivity index (χ2n) is 4.24. The van der Waals surface area contributed by atoms with Gasteiger partial charge < -0.3 is 4.42 Å². The molecule has 96 valence electrons. The molecule has 3 heteroatoms. The SMILES string of the molecule is CCc1ccc(C(Br)c2ccc(Cl)o2)cc1CC. The predicted molar refractivity (Wildman–Crippen MR) is 79.7 cm³/mol. The van der Waals surface area contributed by atoms with Gasteiger partial charge in [0.25, 0.3) is 0 Å². The van der Waals surface area contributed by atoms with Crippen molar-refractivity contribution in [2.75, 3.05) is 0 Å². The molecule has 18 heavy (non-hydrogen) atoms. The summed E-state index contributed by atoms with van der Waals surface area (Å²) in [6, 6.07) is 10.3. The number of alkyl halides is 1. The molecule has 0 saturated heterocycles. The lowest BCUT2D eigenvalue weighted by molar-refractivity contribution is 0.521. The van der Waals surface area contributed by atoms with Gasteiger partial charge in [-0.1, -0.05) is 48.0 Å². The van der Waals surface area contributed by atoms with Crippen LogP contribution >= 0.6 is 27.5 Å². The quantitative estimate of drug-likeness (QED) is 0.672. The lowest BCUT2D eigenvalue weighted by Gasteiger charge is -2.12. The van der Waals surface area contributed by atoms with Crippen molar-refractivity contribution in [3.05, 3.63) is 58.0 Å². The lowest BCUT2D eigenvalue weighted by Crippen LogP contribution is -1.96. The first-order valence-corrected chi connectivity index (χ1v) is 7.46. The van der Waals surface area contributed by atoms with Crippen LogP contribution in [-0.4, -0.2) is 0 Å². The zero-order valence-corrected chi connectivity index (χ0v) is 12.9. The number of rotatable bonds is 4. The highest BCUT2D eigenvalue weighted by molar-refractivity contribution is 9.09. The Kier molecular flexibility index (Phi) is 4.52. The molecule has 1 atom stereocenters. The van der Waals surface area contributed by atoms with Crippen molar-refractivity contribution in [2.24, 2.45) is 0 Å². The van der Waals surface area contributed by atoms with E-state index in [1.807, 2.05) is 6.07 Å². The first-order valence-electron chi connectivity index (χ1n) is 6.16. The molecule has 0 aliphatic heterocycles. The van der Waals surface area contributed by atoms with Gasteiger partial charge in [-0.15, -0.1) is 0 Å². The van der Waals surface area contributed by atoms with Gasteiger partial charge in [0.1, 0.15) is 5.76 Å². The van der Waals surface area contributed by atoms with Crippen LogP contribution in [0.5, 0.6) is 0 Å². The van der Waals surface area contributed by atoms with E-state index >= 15 is 0 Å². The van der Waals surface area contributed by atoms with Crippen LogP contribution in [0.15, 0.2) is 34.7 Å². The van der Waals surface area contributed by atoms with Gasteiger partial charge >= 0.3 is 0 Å². The highest BCUT2D eigenvalue weighted by atomic mass is 79.9. The molecule has 0 aliphatic carbocycles. The van der Waals surface area contributed by atoms with E-state index in [4.69, 9.17) is 16.0 Å². The predicted octanol–water partition coefficient (Wildman–Crippen LogP) is 5.54. The Hall–Kier alpha value is -0.730. The zero-order valence-electron chi connectivity index (χ0n) is 10.5. The van der Waals surface area contributed by atoms with Gasteiger partial charge in [-0.25, -0.2) is 0 Å². The Bertz CT molecular complexity index is 533. The summed E-state index contributed by atoms with van der Waals surface area (Å²) < 4.78 is 5.45. The van der Waals surface area contributed by atoms with Gasteiger partial charge in [0, 0.05) is 0 Å². The summed E-state index contributed by atoms with van der Waals surface area (Å²) in [5.74, 6) is 0.839. The first kappa shape index (κ1) is 13.7. The van der Waals surface area contributed by atoms with Crippen molar-refractivity contribution in [1.82, 2.24) is 0 Å². The standard InChI is InChI=1S/C15H16BrClO/c1-3-10-5-6-12(9-11(10)4-2)15(16)13-7-8-14(17)18-13/h5-9,15H,3-4H2,1-2H3. The minimum Gasteiger partial charge on any atom is -0.448 e. The third kappa shape index (κ3) is 2.81. The number of aryl methyl sites for hydroxylation is 2. The van der Waals surface area contributed by atoms with E-state index in [0.717, 1.165) is 18.6 Å². The van der Waals surface area contributed by atoms with Crippen LogP contribution in [0.2, 0.25) is 5.22 Å². The van der Waals surface area contributed by atoms with Gasteiger partial charge in [0.15, 0.2) is 5.22 Å². The van der Waals surface area contributed by atoms with E-state index in [1.54, 1.807) is 6.07 Å². The third-order valence-electron chi connectivity index (χ3n) is 3.13. The van der Waals surface area contributed by atoms with Crippen molar-refractivity contribution < 1.29 is 4.42 Å². The average Bonchev–Trinajstić information content (AvgIpc) is 2.83. The highest BCUT2D eigenvalue weighted by Gasteiger charge is 2.15. The molecule has 1 heterocycles. The Morgan fingerprint density at radius 1 is 1.11 bits per heavy atom. The lowest BCUT2D eigenvalue weighted by atomic mass is 9.98. The normalized spacial score (nSPS) is 12.7. The van der Waals surface area contributed by atoms with E-state index < -0.39 is 0 Å². The number of benzene rings is 1. The Labute approximate surface area is 121 Å². The first-order chi connectivity index (χ1) is 8.65. The van der Waals surface area contributed by atoms with Crippen molar-refractivity contribution in [3.63, 3.8) is 0 Å². The summed E-state index contributed by atoms with van der Waals surface area (Å²) in [7, 11) is 0. The summed E-state index contributed by atoms with van der Waals surface area (Å²) in [4.78, 5) is 0.0567. The zero-order chi connectivity index (χ0) is 13.1. The Balaban J connectivity index is 2.33. The maximum Gasteiger partial charge on any atom is 0.193 e. The van der Waals surface area contributed by atoms with E-state index in [2.05, 4.69) is 48.0 Å². The number of hydrogen-bond donors (Lipinski definition) is 0. The van der Waals surface area contributed by atoms with Gasteiger partial charge in [-0.2, -0.15) is 0 Å². The third-order valence-corrected chi connectivity index (χ3v) is 4.31. The Morgan fingerprint density at radius 3 is 2.39 bits per heavy atom. The van der Waals surface area contributed by atoms with E-state index in [1.165, 1.54) is 16.7 Å². The molecule has 1 aromatic heterocycles. The molecule has 0 bridgehead atoms. The molecule has 1 nitrogen and oxygen atoms in total. The minimum absolute atomic E-state index is 0.0567. The summed E-state index contributed by atoms with van der Waals surface area (Å²) in [5.41, 5.74) is 4.02. The summed E-state index contributed by atoms with van der Waals surface area (Å²) in [5, 5.41) is 0.426. The van der Waals surface area contributed by atoms with E-state index in [0.29, 0.717) is 5.22 Å². The van der Waals surface area contributed by atoms with Crippen LogP contribution in [0.1, 0.15) is 41.1 Å². The summed E-state index contributed by atoms with van der Waals surface area (Å²) >= 11 is 9.48. The average molecular weight is 328 g/mol. The molecule has 1 aromatic carbocycles. The molecule has 0 spiro atoms. The number of hydrogen-bond acceptors (Lipinski definition) is 1. The summed E-state index contributed by atoms with van der Waals surface area (Å²) in [6.07, 6.45) is 2.12. The van der Waals surface area contributed by atoms with Gasteiger partial charge in [-0.05, 0) is 53.3 Å². The van der Waals surface area contributed by atoms with Crippen molar-refractivity contribution in [3.8, 4) is 0 Å². The van der Waals surface area contributed by atoms with Crippen molar-refractivity contribution >= 4 is 27.5 Å². The molecule has 0 saturated carbocycles. The molecule has 0 aliphatic rings. The number of halogens is 2. The molecular weight excluding hydrogens is 312 g/mol. The maximum absolute atomic E-state index is 5.81. The van der Waals surface area contributed by atoms with Gasteiger partial charge in [-0.3, -0.25) is 0 Å². The van der Waals surface area contributed by atoms with Crippen LogP contribution in [-0.2, 0) is 12.8 Å². The molecule has 1 unspecified atom stereocenters. The molecule has 2 aromatic rings. The Morgan fingerprint density at radius 2 is 1.83 bits per heavy atom. The van der Waals surface area contributed by atoms with Crippen molar-refractivity contribution in [2.45, 2.75) is 31.5 Å². The maximum atomic E-state index is 5.81. The second-order valence-corrected chi connectivity index (χ2v) is 5.53. The smallest absolute Gasteiger partial charge is 0.193 e.